The van der Waals surface area contributed by atoms with Crippen molar-refractivity contribution in [3.63, 3.8) is 0 Å². The summed E-state index contributed by atoms with van der Waals surface area (Å²) in [4.78, 5) is 13.5. The zero-order chi connectivity index (χ0) is 24.0. The van der Waals surface area contributed by atoms with Gasteiger partial charge in [0.2, 0.25) is 0 Å². The summed E-state index contributed by atoms with van der Waals surface area (Å²) in [5, 5.41) is 9.79. The van der Waals surface area contributed by atoms with Crippen LogP contribution in [0.1, 0.15) is 68.6 Å². The normalized spacial score (nSPS) is 17.0. The number of rotatable bonds is 8. The molecule has 1 aliphatic rings. The Labute approximate surface area is 203 Å². The fourth-order valence-electron chi connectivity index (χ4n) is 5.01. The standard InChI is InChI=1S/C30H35N3O/c1-4-5-21-27-28(25-19-13-8-14-20-25)30(2,3)33(32-27)29(34)31-22-26(23-15-9-6-10-16-23)24-17-11-7-12-18-24/h6-20,26,28H,4-5,21-22H2,1-3H3,(H,31,34). The second-order valence-electron chi connectivity index (χ2n) is 9.56. The maximum Gasteiger partial charge on any atom is 0.338 e. The highest BCUT2D eigenvalue weighted by molar-refractivity contribution is 5.96. The summed E-state index contributed by atoms with van der Waals surface area (Å²) in [5.41, 5.74) is 4.22. The number of hydrazone groups is 1. The van der Waals surface area contributed by atoms with E-state index in [-0.39, 0.29) is 17.9 Å². The van der Waals surface area contributed by atoms with Crippen molar-refractivity contribution in [2.45, 2.75) is 57.4 Å². The van der Waals surface area contributed by atoms with Gasteiger partial charge in [0.05, 0.1) is 5.54 Å². The molecule has 0 spiro atoms. The van der Waals surface area contributed by atoms with Crippen molar-refractivity contribution in [3.05, 3.63) is 108 Å². The van der Waals surface area contributed by atoms with Gasteiger partial charge in [0.1, 0.15) is 0 Å². The predicted octanol–water partition coefficient (Wildman–Crippen LogP) is 6.95. The molecule has 0 radical (unpaired) electrons. The summed E-state index contributed by atoms with van der Waals surface area (Å²) >= 11 is 0. The molecule has 1 unspecified atom stereocenters. The molecule has 4 rings (SSSR count). The topological polar surface area (TPSA) is 44.7 Å². The van der Waals surface area contributed by atoms with Gasteiger partial charge >= 0.3 is 6.03 Å². The molecular formula is C30H35N3O. The average molecular weight is 454 g/mol. The van der Waals surface area contributed by atoms with Crippen LogP contribution >= 0.6 is 0 Å². The van der Waals surface area contributed by atoms with E-state index < -0.39 is 5.54 Å². The van der Waals surface area contributed by atoms with E-state index in [1.807, 2.05) is 42.5 Å². The first kappa shape index (κ1) is 23.7. The monoisotopic (exact) mass is 453 g/mol. The van der Waals surface area contributed by atoms with Gasteiger partial charge in [-0.2, -0.15) is 5.10 Å². The van der Waals surface area contributed by atoms with Gasteiger partial charge in [0.25, 0.3) is 0 Å². The van der Waals surface area contributed by atoms with Gasteiger partial charge in [-0.05, 0) is 43.4 Å². The second kappa shape index (κ2) is 10.7. The zero-order valence-electron chi connectivity index (χ0n) is 20.4. The molecule has 0 aromatic heterocycles. The summed E-state index contributed by atoms with van der Waals surface area (Å²) < 4.78 is 0. The van der Waals surface area contributed by atoms with Gasteiger partial charge in [0, 0.05) is 24.1 Å². The van der Waals surface area contributed by atoms with E-state index in [1.165, 1.54) is 16.7 Å². The lowest BCUT2D eigenvalue weighted by atomic mass is 9.78. The molecular weight excluding hydrogens is 418 g/mol. The number of unbranched alkanes of at least 4 members (excludes halogenated alkanes) is 1. The number of carbonyl (C=O) groups excluding carboxylic acids is 1. The molecule has 0 aliphatic carbocycles. The SMILES string of the molecule is CCCCC1=NN(C(=O)NCC(c2ccccc2)c2ccccc2)C(C)(C)C1c1ccccc1. The molecule has 2 amide bonds. The largest absolute Gasteiger partial charge is 0.338 e. The fourth-order valence-corrected chi connectivity index (χ4v) is 5.01. The highest BCUT2D eigenvalue weighted by Gasteiger charge is 2.47. The molecule has 3 aromatic rings. The van der Waals surface area contributed by atoms with Gasteiger partial charge in [-0.3, -0.25) is 0 Å². The van der Waals surface area contributed by atoms with Crippen molar-refractivity contribution >= 4 is 11.7 Å². The zero-order valence-corrected chi connectivity index (χ0v) is 20.4. The first-order valence-electron chi connectivity index (χ1n) is 12.3. The number of carbonyl (C=O) groups is 1. The number of nitrogens with one attached hydrogen (secondary N) is 1. The first-order valence-corrected chi connectivity index (χ1v) is 12.3. The average Bonchev–Trinajstić information content (AvgIpc) is 3.14. The lowest BCUT2D eigenvalue weighted by molar-refractivity contribution is 0.146. The molecule has 0 saturated carbocycles. The molecule has 1 N–H and O–H groups in total. The van der Waals surface area contributed by atoms with Crippen LogP contribution in [0.2, 0.25) is 0 Å². The van der Waals surface area contributed by atoms with E-state index in [0.29, 0.717) is 6.54 Å². The van der Waals surface area contributed by atoms with Gasteiger partial charge in [0.15, 0.2) is 0 Å². The van der Waals surface area contributed by atoms with Crippen LogP contribution in [-0.4, -0.2) is 28.8 Å². The van der Waals surface area contributed by atoms with Crippen molar-refractivity contribution in [1.29, 1.82) is 0 Å². The molecule has 0 fully saturated rings. The molecule has 34 heavy (non-hydrogen) atoms. The highest BCUT2D eigenvalue weighted by Crippen LogP contribution is 2.41. The van der Waals surface area contributed by atoms with E-state index in [0.717, 1.165) is 25.0 Å². The smallest absolute Gasteiger partial charge is 0.336 e. The van der Waals surface area contributed by atoms with Gasteiger partial charge < -0.3 is 5.32 Å². The fraction of sp³-hybridized carbons (Fsp3) is 0.333. The third-order valence-electron chi connectivity index (χ3n) is 6.79. The minimum absolute atomic E-state index is 0.0746. The molecule has 4 heteroatoms. The Hall–Kier alpha value is -3.40. The number of hydrogen-bond donors (Lipinski definition) is 1. The third kappa shape index (κ3) is 5.06. The van der Waals surface area contributed by atoms with E-state index >= 15 is 0 Å². The minimum atomic E-state index is -0.455. The Bertz CT molecular complexity index is 1050. The number of hydrogen-bond acceptors (Lipinski definition) is 2. The molecule has 176 valence electrons. The Morgan fingerprint density at radius 3 is 1.97 bits per heavy atom. The lowest BCUT2D eigenvalue weighted by Crippen LogP contribution is -2.49. The summed E-state index contributed by atoms with van der Waals surface area (Å²) in [5.74, 6) is 0.163. The number of benzene rings is 3. The van der Waals surface area contributed by atoms with Gasteiger partial charge in [-0.25, -0.2) is 9.80 Å². The van der Waals surface area contributed by atoms with Crippen LogP contribution < -0.4 is 5.32 Å². The molecule has 3 aromatic carbocycles. The molecule has 1 heterocycles. The molecule has 1 aliphatic heterocycles. The Kier molecular flexibility index (Phi) is 7.46. The second-order valence-corrected chi connectivity index (χ2v) is 9.56. The Morgan fingerprint density at radius 1 is 0.912 bits per heavy atom. The summed E-state index contributed by atoms with van der Waals surface area (Å²) in [7, 11) is 0. The third-order valence-corrected chi connectivity index (χ3v) is 6.79. The predicted molar refractivity (Wildman–Crippen MR) is 140 cm³/mol. The molecule has 4 nitrogen and oxygen atoms in total. The van der Waals surface area contributed by atoms with Crippen molar-refractivity contribution in [1.82, 2.24) is 10.3 Å². The maximum atomic E-state index is 13.5. The van der Waals surface area contributed by atoms with E-state index in [9.17, 15) is 4.79 Å². The lowest BCUT2D eigenvalue weighted by Gasteiger charge is -2.35. The van der Waals surface area contributed by atoms with E-state index in [1.54, 1.807) is 5.01 Å². The van der Waals surface area contributed by atoms with Crippen molar-refractivity contribution in [3.8, 4) is 0 Å². The highest BCUT2D eigenvalue weighted by atomic mass is 16.2. The summed E-state index contributed by atoms with van der Waals surface area (Å²) in [6, 6.07) is 31.0. The molecule has 1 atom stereocenters. The van der Waals surface area contributed by atoms with Crippen LogP contribution in [0.25, 0.3) is 0 Å². The van der Waals surface area contributed by atoms with Gasteiger partial charge in [-0.15, -0.1) is 0 Å². The first-order chi connectivity index (χ1) is 16.5. The van der Waals surface area contributed by atoms with Crippen LogP contribution in [0.3, 0.4) is 0 Å². The Balaban J connectivity index is 1.57. The Morgan fingerprint density at radius 2 is 1.44 bits per heavy atom. The van der Waals surface area contributed by atoms with Crippen LogP contribution in [0.5, 0.6) is 0 Å². The number of amides is 2. The maximum absolute atomic E-state index is 13.5. The van der Waals surface area contributed by atoms with E-state index in [4.69, 9.17) is 5.10 Å². The molecule has 0 saturated heterocycles. The molecule has 0 bridgehead atoms. The summed E-state index contributed by atoms with van der Waals surface area (Å²) in [6.07, 6.45) is 3.07. The minimum Gasteiger partial charge on any atom is -0.336 e. The quantitative estimate of drug-likeness (QED) is 0.394. The van der Waals surface area contributed by atoms with Crippen molar-refractivity contribution in [2.24, 2.45) is 5.10 Å². The van der Waals surface area contributed by atoms with Crippen LogP contribution in [0, 0.1) is 0 Å². The van der Waals surface area contributed by atoms with Crippen LogP contribution in [-0.2, 0) is 0 Å². The number of nitrogens with zero attached hydrogens (tertiary/aromatic N) is 2. The number of urea groups is 1. The van der Waals surface area contributed by atoms with Crippen molar-refractivity contribution < 1.29 is 4.79 Å². The van der Waals surface area contributed by atoms with Crippen LogP contribution in [0.4, 0.5) is 4.79 Å². The van der Waals surface area contributed by atoms with Gasteiger partial charge in [-0.1, -0.05) is 104 Å². The van der Waals surface area contributed by atoms with Crippen molar-refractivity contribution in [2.75, 3.05) is 6.54 Å². The van der Waals surface area contributed by atoms with E-state index in [2.05, 4.69) is 74.6 Å². The van der Waals surface area contributed by atoms with Crippen LogP contribution in [0.15, 0.2) is 96.1 Å². The summed E-state index contributed by atoms with van der Waals surface area (Å²) in [6.45, 7) is 6.95.